The smallest absolute Gasteiger partial charge is 0.338 e. The fourth-order valence-electron chi connectivity index (χ4n) is 4.57. The Hall–Kier alpha value is -4.34. The van der Waals surface area contributed by atoms with Gasteiger partial charge in [0, 0.05) is 23.8 Å². The molecule has 0 unspecified atom stereocenters. The second-order valence-electron chi connectivity index (χ2n) is 8.98. The van der Waals surface area contributed by atoms with E-state index in [0.717, 1.165) is 18.7 Å². The number of nitrogens with zero attached hydrogens (tertiary/aromatic N) is 3. The molecule has 0 saturated heterocycles. The number of nitrogens with one attached hydrogen (secondary N) is 3. The Labute approximate surface area is 212 Å². The number of H-pyrrole nitrogens is 1. The maximum absolute atomic E-state index is 14.3. The van der Waals surface area contributed by atoms with Gasteiger partial charge in [-0.25, -0.2) is 24.1 Å². The Morgan fingerprint density at radius 3 is 2.62 bits per heavy atom. The first-order chi connectivity index (χ1) is 18.0. The molecule has 1 fully saturated rings. The largest absolute Gasteiger partial charge is 0.462 e. The minimum atomic E-state index is -0.448. The van der Waals surface area contributed by atoms with Gasteiger partial charge in [0.2, 0.25) is 0 Å². The molecular weight excluding hydrogens is 475 g/mol. The lowest BCUT2D eigenvalue weighted by molar-refractivity contribution is 0.0526. The molecule has 2 aromatic heterocycles. The summed E-state index contributed by atoms with van der Waals surface area (Å²) >= 11 is 0. The van der Waals surface area contributed by atoms with Crippen LogP contribution in [0, 0.1) is 5.82 Å². The number of aromatic nitrogens is 4. The zero-order valence-corrected chi connectivity index (χ0v) is 20.4. The molecule has 2 aromatic carbocycles. The van der Waals surface area contributed by atoms with E-state index in [-0.39, 0.29) is 12.2 Å². The topological polar surface area (TPSA) is 122 Å². The van der Waals surface area contributed by atoms with Crippen LogP contribution in [0.1, 0.15) is 70.8 Å². The second kappa shape index (κ2) is 10.7. The molecule has 3 N–H and O–H groups in total. The van der Waals surface area contributed by atoms with Crippen LogP contribution in [-0.4, -0.2) is 38.4 Å². The quantitative estimate of drug-likeness (QED) is 0.290. The van der Waals surface area contributed by atoms with E-state index < -0.39 is 17.7 Å². The van der Waals surface area contributed by atoms with Gasteiger partial charge < -0.3 is 20.4 Å². The normalized spacial score (nSPS) is 13.6. The molecule has 0 radical (unpaired) electrons. The van der Waals surface area contributed by atoms with Crippen molar-refractivity contribution in [1.82, 2.24) is 25.3 Å². The van der Waals surface area contributed by atoms with E-state index >= 15 is 0 Å². The number of ether oxygens (including phenoxy) is 1. The third-order valence-corrected chi connectivity index (χ3v) is 6.36. The highest BCUT2D eigenvalue weighted by Crippen LogP contribution is 2.33. The first-order valence-electron chi connectivity index (χ1n) is 12.3. The van der Waals surface area contributed by atoms with Crippen LogP contribution < -0.4 is 10.6 Å². The van der Waals surface area contributed by atoms with Gasteiger partial charge in [0.1, 0.15) is 23.5 Å². The lowest BCUT2D eigenvalue weighted by Gasteiger charge is -2.11. The van der Waals surface area contributed by atoms with Gasteiger partial charge in [0.05, 0.1) is 12.2 Å². The molecule has 5 rings (SSSR count). The first kappa shape index (κ1) is 24.4. The summed E-state index contributed by atoms with van der Waals surface area (Å²) in [6, 6.07) is 11.2. The van der Waals surface area contributed by atoms with Crippen LogP contribution in [0.3, 0.4) is 0 Å². The van der Waals surface area contributed by atoms with Crippen molar-refractivity contribution in [3.05, 3.63) is 77.3 Å². The van der Waals surface area contributed by atoms with Crippen molar-refractivity contribution in [3.63, 3.8) is 0 Å². The van der Waals surface area contributed by atoms with Gasteiger partial charge in [-0.15, -0.1) is 0 Å². The maximum Gasteiger partial charge on any atom is 0.338 e. The van der Waals surface area contributed by atoms with Crippen molar-refractivity contribution < 1.29 is 18.7 Å². The van der Waals surface area contributed by atoms with Crippen molar-refractivity contribution in [2.75, 3.05) is 11.9 Å². The molecule has 0 spiro atoms. The molecule has 9 nitrogen and oxygen atoms in total. The second-order valence-corrected chi connectivity index (χ2v) is 8.98. The number of anilines is 2. The van der Waals surface area contributed by atoms with E-state index in [9.17, 15) is 14.0 Å². The zero-order chi connectivity index (χ0) is 25.8. The summed E-state index contributed by atoms with van der Waals surface area (Å²) in [5, 5.41) is 5.93. The van der Waals surface area contributed by atoms with Crippen molar-refractivity contribution in [2.24, 2.45) is 0 Å². The summed E-state index contributed by atoms with van der Waals surface area (Å²) in [6.07, 6.45) is 5.81. The summed E-state index contributed by atoms with van der Waals surface area (Å²) in [7, 11) is 0. The molecule has 1 aliphatic carbocycles. The van der Waals surface area contributed by atoms with Crippen molar-refractivity contribution in [1.29, 1.82) is 0 Å². The first-order valence-corrected chi connectivity index (χ1v) is 12.3. The molecule has 37 heavy (non-hydrogen) atoms. The summed E-state index contributed by atoms with van der Waals surface area (Å²) in [5.41, 5.74) is 3.37. The highest BCUT2D eigenvalue weighted by molar-refractivity contribution is 6.02. The Kier molecular flexibility index (Phi) is 7.07. The Morgan fingerprint density at radius 2 is 1.86 bits per heavy atom. The van der Waals surface area contributed by atoms with Gasteiger partial charge in [0.15, 0.2) is 11.3 Å². The molecule has 2 heterocycles. The van der Waals surface area contributed by atoms with E-state index in [1.165, 1.54) is 31.3 Å². The fourth-order valence-corrected chi connectivity index (χ4v) is 4.57. The molecule has 1 amide bonds. The highest BCUT2D eigenvalue weighted by atomic mass is 19.1. The molecule has 1 saturated carbocycles. The molecular formula is C27H27FN6O3. The summed E-state index contributed by atoms with van der Waals surface area (Å²) < 4.78 is 19.3. The van der Waals surface area contributed by atoms with Crippen LogP contribution >= 0.6 is 0 Å². The Morgan fingerprint density at radius 1 is 1.08 bits per heavy atom. The Bertz CT molecular complexity index is 1430. The molecule has 0 bridgehead atoms. The van der Waals surface area contributed by atoms with E-state index in [2.05, 4.69) is 30.6 Å². The number of amides is 1. The monoisotopic (exact) mass is 502 g/mol. The maximum atomic E-state index is 14.3. The van der Waals surface area contributed by atoms with Gasteiger partial charge in [-0.1, -0.05) is 12.8 Å². The van der Waals surface area contributed by atoms with Crippen LogP contribution in [0.4, 0.5) is 15.8 Å². The number of fused-ring (bicyclic) bond motifs is 1. The third kappa shape index (κ3) is 5.58. The number of carbonyl (C=O) groups excluding carboxylic acids is 2. The number of aromatic amines is 1. The van der Waals surface area contributed by atoms with Gasteiger partial charge in [0.25, 0.3) is 5.91 Å². The summed E-state index contributed by atoms with van der Waals surface area (Å²) in [6.45, 7) is 2.14. The minimum Gasteiger partial charge on any atom is -0.462 e. The Balaban J connectivity index is 1.27. The average Bonchev–Trinajstić information content (AvgIpc) is 3.57. The number of rotatable bonds is 8. The molecule has 0 aliphatic heterocycles. The number of carbonyl (C=O) groups is 2. The SMILES string of the molecule is CCOC(=O)c1ccc(Nc2cc(F)cc(CNC(=O)c3ncnc4nc(C5CCCC5)[nH]c34)c2)cc1. The summed E-state index contributed by atoms with van der Waals surface area (Å²) in [4.78, 5) is 41.0. The standard InChI is InChI=1S/C27H27FN6O3/c1-2-37-27(36)18-7-9-20(10-8-18)32-21-12-16(11-19(28)13-21)14-29-26(35)23-22-25(31-15-30-23)34-24(33-22)17-5-3-4-6-17/h7-13,15,17,32H,2-6,14H2,1H3,(H,29,35)(H,30,31,33,34). The molecule has 190 valence electrons. The molecule has 4 aromatic rings. The highest BCUT2D eigenvalue weighted by Gasteiger charge is 2.23. The molecule has 0 atom stereocenters. The molecule has 10 heteroatoms. The van der Waals surface area contributed by atoms with Gasteiger partial charge >= 0.3 is 5.97 Å². The third-order valence-electron chi connectivity index (χ3n) is 6.36. The van der Waals surface area contributed by atoms with Gasteiger partial charge in [-0.2, -0.15) is 0 Å². The van der Waals surface area contributed by atoms with E-state index in [1.807, 2.05) is 0 Å². The van der Waals surface area contributed by atoms with Crippen LogP contribution in [0.2, 0.25) is 0 Å². The van der Waals surface area contributed by atoms with Crippen LogP contribution in [-0.2, 0) is 11.3 Å². The van der Waals surface area contributed by atoms with Gasteiger partial charge in [-0.05, 0) is 67.8 Å². The van der Waals surface area contributed by atoms with E-state index in [0.29, 0.717) is 46.2 Å². The number of hydrogen-bond donors (Lipinski definition) is 3. The van der Waals surface area contributed by atoms with E-state index in [4.69, 9.17) is 4.74 Å². The van der Waals surface area contributed by atoms with Gasteiger partial charge in [-0.3, -0.25) is 4.79 Å². The van der Waals surface area contributed by atoms with Crippen LogP contribution in [0.15, 0.2) is 48.8 Å². The van der Waals surface area contributed by atoms with E-state index in [1.54, 1.807) is 37.3 Å². The predicted octanol–water partition coefficient (Wildman–Crippen LogP) is 5.00. The fraction of sp³-hybridized carbons (Fsp3) is 0.296. The summed E-state index contributed by atoms with van der Waals surface area (Å²) in [5.74, 6) is -0.0505. The van der Waals surface area contributed by atoms with Crippen molar-refractivity contribution in [3.8, 4) is 0 Å². The lowest BCUT2D eigenvalue weighted by atomic mass is 10.1. The minimum absolute atomic E-state index is 0.0994. The number of hydrogen-bond acceptors (Lipinski definition) is 7. The zero-order valence-electron chi connectivity index (χ0n) is 20.4. The lowest BCUT2D eigenvalue weighted by Crippen LogP contribution is -2.24. The van der Waals surface area contributed by atoms with Crippen LogP contribution in [0.5, 0.6) is 0 Å². The molecule has 1 aliphatic rings. The average molecular weight is 503 g/mol. The van der Waals surface area contributed by atoms with Crippen molar-refractivity contribution >= 4 is 34.4 Å². The van der Waals surface area contributed by atoms with Crippen molar-refractivity contribution in [2.45, 2.75) is 45.1 Å². The van der Waals surface area contributed by atoms with Crippen LogP contribution in [0.25, 0.3) is 11.2 Å². The number of benzene rings is 2. The number of imidazole rings is 1. The number of esters is 1. The predicted molar refractivity (Wildman–Crippen MR) is 136 cm³/mol. The number of halogens is 1.